The van der Waals surface area contributed by atoms with Crippen molar-refractivity contribution >= 4 is 34.6 Å². The first kappa shape index (κ1) is 18.3. The number of ether oxygens (including phenoxy) is 3. The summed E-state index contributed by atoms with van der Waals surface area (Å²) in [6.45, 7) is 2.50. The molecule has 1 fully saturated rings. The summed E-state index contributed by atoms with van der Waals surface area (Å²) in [7, 11) is 0. The summed E-state index contributed by atoms with van der Waals surface area (Å²) in [5.41, 5.74) is 2.02. The van der Waals surface area contributed by atoms with E-state index < -0.39 is 0 Å². The van der Waals surface area contributed by atoms with E-state index >= 15 is 0 Å². The molecule has 2 heterocycles. The molecular formula is C20H21ClN2O3S. The van der Waals surface area contributed by atoms with Gasteiger partial charge in [-0.2, -0.15) is 0 Å². The largest absolute Gasteiger partial charge is 0.454 e. The summed E-state index contributed by atoms with van der Waals surface area (Å²) in [5, 5.41) is 4.66. The van der Waals surface area contributed by atoms with E-state index in [1.165, 1.54) is 0 Å². The highest BCUT2D eigenvalue weighted by molar-refractivity contribution is 7.80. The lowest BCUT2D eigenvalue weighted by molar-refractivity contribution is 0.0905. The number of nitrogens with one attached hydrogen (secondary N) is 1. The Morgan fingerprint density at radius 1 is 1.15 bits per heavy atom. The van der Waals surface area contributed by atoms with Crippen LogP contribution in [0.2, 0.25) is 5.02 Å². The van der Waals surface area contributed by atoms with E-state index in [0.717, 1.165) is 48.7 Å². The highest BCUT2D eigenvalue weighted by Crippen LogP contribution is 2.33. The molecule has 0 amide bonds. The van der Waals surface area contributed by atoms with Crippen molar-refractivity contribution in [3.8, 4) is 11.5 Å². The van der Waals surface area contributed by atoms with Crippen LogP contribution in [0.15, 0.2) is 42.5 Å². The first-order valence-electron chi connectivity index (χ1n) is 8.99. The summed E-state index contributed by atoms with van der Waals surface area (Å²) in [6.07, 6.45) is 2.35. The van der Waals surface area contributed by atoms with Crippen molar-refractivity contribution in [2.24, 2.45) is 0 Å². The average molecular weight is 405 g/mol. The van der Waals surface area contributed by atoms with Gasteiger partial charge in [0.1, 0.15) is 0 Å². The van der Waals surface area contributed by atoms with Crippen LogP contribution in [0.4, 0.5) is 5.69 Å². The topological polar surface area (TPSA) is 43.0 Å². The SMILES string of the molecule is S=C(Nc1ccc(Cl)cc1)N(Cc1ccc2c(c1)OCO2)CC1CCCO1. The monoisotopic (exact) mass is 404 g/mol. The summed E-state index contributed by atoms with van der Waals surface area (Å²) < 4.78 is 16.7. The van der Waals surface area contributed by atoms with Crippen molar-refractivity contribution in [1.82, 2.24) is 4.90 Å². The van der Waals surface area contributed by atoms with Gasteiger partial charge in [-0.15, -0.1) is 0 Å². The minimum Gasteiger partial charge on any atom is -0.454 e. The van der Waals surface area contributed by atoms with E-state index in [1.54, 1.807) is 0 Å². The number of hydrogen-bond acceptors (Lipinski definition) is 4. The third-order valence-corrected chi connectivity index (χ3v) is 5.25. The fraction of sp³-hybridized carbons (Fsp3) is 0.350. The number of rotatable bonds is 5. The lowest BCUT2D eigenvalue weighted by Gasteiger charge is -2.28. The van der Waals surface area contributed by atoms with Gasteiger partial charge in [0, 0.05) is 30.4 Å². The maximum Gasteiger partial charge on any atom is 0.231 e. The molecule has 0 aromatic heterocycles. The van der Waals surface area contributed by atoms with E-state index in [0.29, 0.717) is 16.7 Å². The van der Waals surface area contributed by atoms with E-state index in [2.05, 4.69) is 10.2 Å². The van der Waals surface area contributed by atoms with E-state index in [1.807, 2.05) is 42.5 Å². The Labute approximate surface area is 169 Å². The van der Waals surface area contributed by atoms with Gasteiger partial charge in [0.05, 0.1) is 6.10 Å². The highest BCUT2D eigenvalue weighted by atomic mass is 35.5. The second-order valence-corrected chi connectivity index (χ2v) is 7.46. The predicted molar refractivity (Wildman–Crippen MR) is 110 cm³/mol. The molecule has 2 aliphatic rings. The number of fused-ring (bicyclic) bond motifs is 1. The van der Waals surface area contributed by atoms with Gasteiger partial charge in [0.25, 0.3) is 0 Å². The van der Waals surface area contributed by atoms with Gasteiger partial charge in [-0.1, -0.05) is 17.7 Å². The third-order valence-electron chi connectivity index (χ3n) is 4.64. The molecule has 0 spiro atoms. The Kier molecular flexibility index (Phi) is 5.66. The molecule has 2 aromatic rings. The first-order chi connectivity index (χ1) is 13.2. The molecule has 7 heteroatoms. The molecule has 1 unspecified atom stereocenters. The normalized spacial score (nSPS) is 17.7. The van der Waals surface area contributed by atoms with Crippen molar-refractivity contribution in [3.63, 3.8) is 0 Å². The zero-order valence-electron chi connectivity index (χ0n) is 14.8. The molecule has 4 rings (SSSR count). The van der Waals surface area contributed by atoms with E-state index in [9.17, 15) is 0 Å². The number of anilines is 1. The quantitative estimate of drug-likeness (QED) is 0.743. The summed E-state index contributed by atoms with van der Waals surface area (Å²) in [5.74, 6) is 1.56. The van der Waals surface area contributed by atoms with Gasteiger partial charge in [-0.25, -0.2) is 0 Å². The minimum absolute atomic E-state index is 0.198. The number of halogens is 1. The van der Waals surface area contributed by atoms with Crippen LogP contribution < -0.4 is 14.8 Å². The average Bonchev–Trinajstić information content (AvgIpc) is 3.34. The Morgan fingerprint density at radius 2 is 1.96 bits per heavy atom. The van der Waals surface area contributed by atoms with E-state index in [-0.39, 0.29) is 12.9 Å². The molecule has 0 radical (unpaired) electrons. The fourth-order valence-corrected chi connectivity index (χ4v) is 3.63. The second-order valence-electron chi connectivity index (χ2n) is 6.64. The second kappa shape index (κ2) is 8.33. The Morgan fingerprint density at radius 3 is 2.74 bits per heavy atom. The van der Waals surface area contributed by atoms with Crippen LogP contribution in [0, 0.1) is 0 Å². The Hall–Kier alpha value is -2.02. The molecule has 0 bridgehead atoms. The number of hydrogen-bond donors (Lipinski definition) is 1. The van der Waals surface area contributed by atoms with Gasteiger partial charge in [-0.3, -0.25) is 0 Å². The molecule has 1 N–H and O–H groups in total. The first-order valence-corrected chi connectivity index (χ1v) is 9.77. The van der Waals surface area contributed by atoms with Gasteiger partial charge >= 0.3 is 0 Å². The fourth-order valence-electron chi connectivity index (χ4n) is 3.25. The van der Waals surface area contributed by atoms with E-state index in [4.69, 9.17) is 38.0 Å². The smallest absolute Gasteiger partial charge is 0.231 e. The summed E-state index contributed by atoms with van der Waals surface area (Å²) >= 11 is 11.7. The molecule has 0 aliphatic carbocycles. The molecule has 2 aliphatic heterocycles. The molecule has 1 atom stereocenters. The van der Waals surface area contributed by atoms with Crippen LogP contribution in [-0.4, -0.2) is 36.1 Å². The van der Waals surface area contributed by atoms with Crippen molar-refractivity contribution < 1.29 is 14.2 Å². The third kappa shape index (κ3) is 4.64. The number of benzene rings is 2. The summed E-state index contributed by atoms with van der Waals surface area (Å²) in [6, 6.07) is 13.5. The lowest BCUT2D eigenvalue weighted by Crippen LogP contribution is -2.39. The van der Waals surface area contributed by atoms with Crippen LogP contribution in [0.3, 0.4) is 0 Å². The van der Waals surface area contributed by atoms with Gasteiger partial charge in [0.15, 0.2) is 16.6 Å². The van der Waals surface area contributed by atoms with Crippen LogP contribution in [0.1, 0.15) is 18.4 Å². The maximum absolute atomic E-state index is 5.97. The summed E-state index contributed by atoms with van der Waals surface area (Å²) in [4.78, 5) is 2.14. The Balaban J connectivity index is 1.48. The van der Waals surface area contributed by atoms with Crippen molar-refractivity contribution in [3.05, 3.63) is 53.1 Å². The van der Waals surface area contributed by atoms with Crippen LogP contribution in [-0.2, 0) is 11.3 Å². The highest BCUT2D eigenvalue weighted by Gasteiger charge is 2.22. The maximum atomic E-state index is 5.97. The van der Waals surface area contributed by atoms with Gasteiger partial charge < -0.3 is 24.4 Å². The molecule has 27 heavy (non-hydrogen) atoms. The van der Waals surface area contributed by atoms with Gasteiger partial charge in [-0.05, 0) is 67.0 Å². The zero-order chi connectivity index (χ0) is 18.6. The molecule has 0 saturated carbocycles. The standard InChI is InChI=1S/C20H21ClN2O3S/c21-15-4-6-16(7-5-15)22-20(27)23(12-17-2-1-9-24-17)11-14-3-8-18-19(10-14)26-13-25-18/h3-8,10,17H,1-2,9,11-13H2,(H,22,27). The number of thiocarbonyl (C=S) groups is 1. The van der Waals surface area contributed by atoms with Crippen LogP contribution >= 0.6 is 23.8 Å². The van der Waals surface area contributed by atoms with Crippen LogP contribution in [0.25, 0.3) is 0 Å². The van der Waals surface area contributed by atoms with Crippen LogP contribution in [0.5, 0.6) is 11.5 Å². The molecule has 1 saturated heterocycles. The van der Waals surface area contributed by atoms with Crippen molar-refractivity contribution in [1.29, 1.82) is 0 Å². The van der Waals surface area contributed by atoms with Gasteiger partial charge in [0.2, 0.25) is 6.79 Å². The minimum atomic E-state index is 0.198. The molecular weight excluding hydrogens is 384 g/mol. The Bertz CT molecular complexity index is 809. The lowest BCUT2D eigenvalue weighted by atomic mass is 10.1. The predicted octanol–water partition coefficient (Wildman–Crippen LogP) is 4.45. The number of nitrogens with zero attached hydrogens (tertiary/aromatic N) is 1. The zero-order valence-corrected chi connectivity index (χ0v) is 16.4. The molecule has 142 valence electrons. The van der Waals surface area contributed by atoms with Crippen molar-refractivity contribution in [2.75, 3.05) is 25.3 Å². The van der Waals surface area contributed by atoms with Crippen molar-refractivity contribution in [2.45, 2.75) is 25.5 Å². The molecule has 5 nitrogen and oxygen atoms in total. The molecule has 2 aromatic carbocycles.